The van der Waals surface area contributed by atoms with E-state index in [2.05, 4.69) is 4.98 Å². The number of aromatic nitrogens is 1. The fourth-order valence-corrected chi connectivity index (χ4v) is 0.346. The number of nitrogens with zero attached hydrogens (tertiary/aromatic N) is 1. The molecule has 0 unspecified atom stereocenters. The third kappa shape index (κ3) is 0.992. The van der Waals surface area contributed by atoms with Gasteiger partial charge in [-0.1, -0.05) is 0 Å². The summed E-state index contributed by atoms with van der Waals surface area (Å²) >= 11 is 0. The molecule has 1 nitrogen and oxygen atoms in total. The van der Waals surface area contributed by atoms with Crippen molar-refractivity contribution < 1.29 is 10.2 Å². The van der Waals surface area contributed by atoms with Crippen molar-refractivity contribution in [2.45, 2.75) is 0 Å². The molecule has 0 atom stereocenters. The Hall–Kier alpha value is -0.990. The lowest BCUT2D eigenvalue weighted by Gasteiger charge is -1.83. The number of pyridine rings is 1. The molecule has 0 aliphatic carbocycles. The molecule has 0 bridgehead atoms. The van der Waals surface area contributed by atoms with Crippen molar-refractivity contribution in [2.24, 2.45) is 0 Å². The van der Waals surface area contributed by atoms with Crippen LogP contribution in [-0.2, 0) is 0 Å². The fraction of sp³-hybridized carbons (Fsp3) is 0. The summed E-state index contributed by atoms with van der Waals surface area (Å²) in [6.45, 7) is 0. The minimum absolute atomic E-state index is 0.531. The van der Waals surface area contributed by atoms with Crippen molar-refractivity contribution in [1.82, 2.24) is 4.98 Å². The lowest BCUT2D eigenvalue weighted by Crippen LogP contribution is -1.78. The van der Waals surface area contributed by atoms with Crippen molar-refractivity contribution in [1.29, 1.82) is 0 Å². The molecule has 42 valence electrons. The molecule has 8 heavy (non-hydrogen) atoms. The van der Waals surface area contributed by atoms with E-state index in [0.717, 1.165) is 6.20 Å². The molecule has 0 fully saturated rings. The fourth-order valence-electron chi connectivity index (χ4n) is 0.346. The molecule has 0 N–H and O–H groups in total. The zero-order valence-corrected chi connectivity index (χ0v) is 3.86. The summed E-state index contributed by atoms with van der Waals surface area (Å²) in [7, 11) is 0. The molecule has 1 rings (SSSR count). The highest BCUT2D eigenvalue weighted by Crippen LogP contribution is 1.95. The van der Waals surface area contributed by atoms with Crippen molar-refractivity contribution >= 4 is 0 Å². The lowest BCUT2D eigenvalue weighted by molar-refractivity contribution is 0.573. The second-order valence-electron chi connectivity index (χ2n) is 1.25. The first-order chi connectivity index (χ1) is 4.20. The van der Waals surface area contributed by atoms with E-state index < -0.39 is 17.8 Å². The highest BCUT2D eigenvalue weighted by atomic mass is 19.1. The van der Waals surface area contributed by atoms with Gasteiger partial charge in [0.2, 0.25) is 0 Å². The molecule has 3 heteroatoms. The van der Waals surface area contributed by atoms with Crippen LogP contribution in [0.15, 0.2) is 18.4 Å². The van der Waals surface area contributed by atoms with Crippen molar-refractivity contribution in [3.05, 3.63) is 30.1 Å². The van der Waals surface area contributed by atoms with Gasteiger partial charge >= 0.3 is 0 Å². The van der Waals surface area contributed by atoms with Gasteiger partial charge in [-0.15, -0.1) is 0 Å². The number of halogens is 2. The van der Waals surface area contributed by atoms with Gasteiger partial charge in [-0.2, -0.15) is 0 Å². The summed E-state index contributed by atoms with van der Waals surface area (Å²) in [4.78, 5) is 3.09. The average Bonchev–Trinajstić information content (AvgIpc) is 1.80. The Balaban J connectivity index is 3.17. The number of rotatable bonds is 0. The SMILES string of the molecule is [2H]c1ncc(F)cc1F. The van der Waals surface area contributed by atoms with Gasteiger partial charge in [0.15, 0.2) is 0 Å². The van der Waals surface area contributed by atoms with Crippen LogP contribution in [0.25, 0.3) is 0 Å². The first kappa shape index (κ1) is 3.95. The predicted molar refractivity (Wildman–Crippen MR) is 24.2 cm³/mol. The standard InChI is InChI=1S/C5H3F2N/c6-4-1-5(7)3-8-2-4/h1-3H/i2D. The van der Waals surface area contributed by atoms with Crippen LogP contribution in [0.5, 0.6) is 0 Å². The van der Waals surface area contributed by atoms with Gasteiger partial charge in [-0.05, 0) is 0 Å². The van der Waals surface area contributed by atoms with Gasteiger partial charge < -0.3 is 0 Å². The van der Waals surface area contributed by atoms with Crippen molar-refractivity contribution in [2.75, 3.05) is 0 Å². The van der Waals surface area contributed by atoms with Crippen molar-refractivity contribution in [3.63, 3.8) is 0 Å². The van der Waals surface area contributed by atoms with E-state index >= 15 is 0 Å². The van der Waals surface area contributed by atoms with E-state index in [1.54, 1.807) is 0 Å². The number of hydrogen-bond acceptors (Lipinski definition) is 1. The first-order valence-electron chi connectivity index (χ1n) is 2.48. The zero-order chi connectivity index (χ0) is 6.85. The Morgan fingerprint density at radius 3 is 2.75 bits per heavy atom. The molecule has 0 saturated heterocycles. The maximum atomic E-state index is 12.1. The summed E-state index contributed by atoms with van der Waals surface area (Å²) in [6, 6.07) is 0.620. The van der Waals surface area contributed by atoms with E-state index in [0.29, 0.717) is 6.07 Å². The molecule has 0 radical (unpaired) electrons. The minimum Gasteiger partial charge on any atom is -0.259 e. The smallest absolute Gasteiger partial charge is 0.144 e. The highest BCUT2D eigenvalue weighted by molar-refractivity contribution is 4.95. The van der Waals surface area contributed by atoms with Gasteiger partial charge in [0.1, 0.15) is 11.6 Å². The second kappa shape index (κ2) is 1.86. The van der Waals surface area contributed by atoms with Crippen LogP contribution < -0.4 is 0 Å². The lowest BCUT2D eigenvalue weighted by atomic mass is 10.5. The second-order valence-corrected chi connectivity index (χ2v) is 1.25. The molecule has 1 aromatic rings. The normalized spacial score (nSPS) is 11.0. The molecule has 1 heterocycles. The van der Waals surface area contributed by atoms with E-state index in [1.807, 2.05) is 0 Å². The predicted octanol–water partition coefficient (Wildman–Crippen LogP) is 1.36. The van der Waals surface area contributed by atoms with Crippen LogP contribution in [0.2, 0.25) is 0 Å². The van der Waals surface area contributed by atoms with Crippen LogP contribution in [0.1, 0.15) is 1.37 Å². The molecule has 0 aliphatic rings. The van der Waals surface area contributed by atoms with Gasteiger partial charge in [-0.25, -0.2) is 8.78 Å². The molecular formula is C5H3F2N. The summed E-state index contributed by atoms with van der Waals surface area (Å²) < 4.78 is 30.7. The molecule has 0 aliphatic heterocycles. The molecule has 0 saturated carbocycles. The van der Waals surface area contributed by atoms with Gasteiger partial charge in [0.05, 0.1) is 13.7 Å². The average molecular weight is 116 g/mol. The van der Waals surface area contributed by atoms with Crippen LogP contribution >= 0.6 is 0 Å². The molecule has 0 aromatic carbocycles. The largest absolute Gasteiger partial charge is 0.259 e. The Kier molecular flexibility index (Phi) is 0.917. The van der Waals surface area contributed by atoms with Gasteiger partial charge in [0.25, 0.3) is 0 Å². The summed E-state index contributed by atoms with van der Waals surface area (Å²) in [5.41, 5.74) is 0. The molecular weight excluding hydrogens is 112 g/mol. The van der Waals surface area contributed by atoms with Gasteiger partial charge in [0, 0.05) is 6.07 Å². The molecule has 1 aromatic heterocycles. The van der Waals surface area contributed by atoms with Gasteiger partial charge in [-0.3, -0.25) is 4.98 Å². The van der Waals surface area contributed by atoms with E-state index in [4.69, 9.17) is 1.37 Å². The Labute approximate surface area is 46.4 Å². The maximum Gasteiger partial charge on any atom is 0.144 e. The third-order valence-electron chi connectivity index (χ3n) is 0.624. The van der Waals surface area contributed by atoms with Crippen LogP contribution in [0, 0.1) is 11.6 Å². The van der Waals surface area contributed by atoms with E-state index in [9.17, 15) is 8.78 Å². The minimum atomic E-state index is -0.935. The van der Waals surface area contributed by atoms with Crippen LogP contribution in [-0.4, -0.2) is 4.98 Å². The zero-order valence-electron chi connectivity index (χ0n) is 4.86. The first-order valence-corrected chi connectivity index (χ1v) is 1.98. The Bertz CT molecular complexity index is 226. The van der Waals surface area contributed by atoms with E-state index in [-0.39, 0.29) is 0 Å². The monoisotopic (exact) mass is 116 g/mol. The summed E-state index contributed by atoms with van der Waals surface area (Å²) in [5.74, 6) is -1.70. The topological polar surface area (TPSA) is 12.9 Å². The maximum absolute atomic E-state index is 12.1. The Morgan fingerprint density at radius 2 is 2.25 bits per heavy atom. The summed E-state index contributed by atoms with van der Waals surface area (Å²) in [5, 5.41) is 0. The Morgan fingerprint density at radius 1 is 1.50 bits per heavy atom. The van der Waals surface area contributed by atoms with Crippen LogP contribution in [0.4, 0.5) is 8.78 Å². The molecule has 0 spiro atoms. The van der Waals surface area contributed by atoms with Crippen molar-refractivity contribution in [3.8, 4) is 0 Å². The highest BCUT2D eigenvalue weighted by Gasteiger charge is 1.89. The molecule has 0 amide bonds. The number of hydrogen-bond donors (Lipinski definition) is 0. The van der Waals surface area contributed by atoms with E-state index in [1.165, 1.54) is 0 Å². The summed E-state index contributed by atoms with van der Waals surface area (Å²) in [6.07, 6.45) is 0.266. The van der Waals surface area contributed by atoms with Crippen LogP contribution in [0.3, 0.4) is 0 Å². The quantitative estimate of drug-likeness (QED) is 0.498. The third-order valence-corrected chi connectivity index (χ3v) is 0.624.